The smallest absolute Gasteiger partial charge is 0.232 e. The molecule has 7 heteroatoms. The van der Waals surface area contributed by atoms with Crippen LogP contribution in [0.5, 0.6) is 5.75 Å². The van der Waals surface area contributed by atoms with E-state index in [1.54, 1.807) is 24.3 Å². The van der Waals surface area contributed by atoms with Gasteiger partial charge in [0, 0.05) is 5.69 Å². The lowest BCUT2D eigenvalue weighted by atomic mass is 10.3. The molecule has 0 bridgehead atoms. The highest BCUT2D eigenvalue weighted by Crippen LogP contribution is 2.17. The van der Waals surface area contributed by atoms with Crippen molar-refractivity contribution < 1.29 is 13.2 Å². The molecule has 0 spiro atoms. The van der Waals surface area contributed by atoms with Crippen LogP contribution in [0.3, 0.4) is 0 Å². The molecule has 0 radical (unpaired) electrons. The van der Waals surface area contributed by atoms with Crippen LogP contribution in [0.15, 0.2) is 24.3 Å². The zero-order valence-corrected chi connectivity index (χ0v) is 12.6. The lowest BCUT2D eigenvalue weighted by Crippen LogP contribution is -2.20. The molecule has 0 saturated heterocycles. The first-order chi connectivity index (χ1) is 8.78. The fourth-order valence-electron chi connectivity index (χ4n) is 1.43. The second-order valence-corrected chi connectivity index (χ2v) is 6.85. The number of nitrogens with two attached hydrogens (primary N) is 1. The number of ether oxygens (including phenoxy) is 1. The van der Waals surface area contributed by atoms with E-state index in [9.17, 15) is 8.42 Å². The third-order valence-electron chi connectivity index (χ3n) is 2.06. The first-order valence-corrected chi connectivity index (χ1v) is 7.86. The highest BCUT2D eigenvalue weighted by Gasteiger charge is 2.12. The molecule has 3 N–H and O–H groups in total. The van der Waals surface area contributed by atoms with Crippen molar-refractivity contribution in [2.75, 3.05) is 17.1 Å². The summed E-state index contributed by atoms with van der Waals surface area (Å²) < 4.78 is 31.3. The Morgan fingerprint density at radius 1 is 1.37 bits per heavy atom. The van der Waals surface area contributed by atoms with Gasteiger partial charge in [0.1, 0.15) is 17.3 Å². The van der Waals surface area contributed by atoms with Crippen molar-refractivity contribution >= 4 is 32.9 Å². The third-order valence-corrected chi connectivity index (χ3v) is 3.83. The van der Waals surface area contributed by atoms with Crippen molar-refractivity contribution in [3.63, 3.8) is 0 Å². The van der Waals surface area contributed by atoms with Gasteiger partial charge < -0.3 is 10.5 Å². The van der Waals surface area contributed by atoms with Crippen molar-refractivity contribution in [1.29, 1.82) is 0 Å². The van der Waals surface area contributed by atoms with Gasteiger partial charge in [-0.2, -0.15) is 0 Å². The van der Waals surface area contributed by atoms with E-state index in [1.165, 1.54) is 0 Å². The van der Waals surface area contributed by atoms with E-state index in [4.69, 9.17) is 22.7 Å². The van der Waals surface area contributed by atoms with Crippen LogP contribution in [0.4, 0.5) is 5.69 Å². The molecular weight excluding hydrogens is 284 g/mol. The summed E-state index contributed by atoms with van der Waals surface area (Å²) in [6, 6.07) is 6.58. The number of anilines is 1. The summed E-state index contributed by atoms with van der Waals surface area (Å²) in [7, 11) is -3.30. The highest BCUT2D eigenvalue weighted by atomic mass is 32.2. The molecule has 1 aromatic carbocycles. The van der Waals surface area contributed by atoms with E-state index in [0.717, 1.165) is 0 Å². The molecular formula is C12H18N2O3S2. The summed E-state index contributed by atoms with van der Waals surface area (Å²) in [6.07, 6.45) is 0. The van der Waals surface area contributed by atoms with Crippen LogP contribution in [-0.2, 0) is 10.0 Å². The first-order valence-electron chi connectivity index (χ1n) is 5.80. The fraction of sp³-hybridized carbons (Fsp3) is 0.417. The lowest BCUT2D eigenvalue weighted by molar-refractivity contribution is 0.377. The molecule has 0 saturated carbocycles. The van der Waals surface area contributed by atoms with Gasteiger partial charge >= 0.3 is 0 Å². The van der Waals surface area contributed by atoms with Gasteiger partial charge in [-0.1, -0.05) is 26.1 Å². The molecule has 1 aromatic rings. The number of benzene rings is 1. The van der Waals surface area contributed by atoms with Crippen molar-refractivity contribution in [3.8, 4) is 5.75 Å². The topological polar surface area (TPSA) is 81.4 Å². The summed E-state index contributed by atoms with van der Waals surface area (Å²) in [5.74, 6) is 0.748. The largest absolute Gasteiger partial charge is 0.487 e. The molecule has 0 aliphatic heterocycles. The van der Waals surface area contributed by atoms with Gasteiger partial charge in [-0.25, -0.2) is 8.42 Å². The predicted octanol–water partition coefficient (Wildman–Crippen LogP) is 1.75. The van der Waals surface area contributed by atoms with Gasteiger partial charge in [0.25, 0.3) is 0 Å². The number of hydrogen-bond acceptors (Lipinski definition) is 4. The van der Waals surface area contributed by atoms with Crippen LogP contribution in [0.25, 0.3) is 0 Å². The zero-order valence-electron chi connectivity index (χ0n) is 10.9. The molecule has 0 fully saturated rings. The maximum atomic E-state index is 11.7. The third kappa shape index (κ3) is 6.40. The number of rotatable bonds is 7. The Balaban J connectivity index is 2.64. The second kappa shape index (κ2) is 6.72. The van der Waals surface area contributed by atoms with Crippen LogP contribution >= 0.6 is 12.2 Å². The van der Waals surface area contributed by atoms with Crippen LogP contribution in [-0.4, -0.2) is 25.8 Å². The molecule has 0 heterocycles. The van der Waals surface area contributed by atoms with Crippen LogP contribution in [0, 0.1) is 5.92 Å². The van der Waals surface area contributed by atoms with E-state index >= 15 is 0 Å². The van der Waals surface area contributed by atoms with E-state index < -0.39 is 10.0 Å². The minimum Gasteiger partial charge on any atom is -0.487 e. The summed E-state index contributed by atoms with van der Waals surface area (Å²) >= 11 is 4.69. The Hall–Kier alpha value is -1.34. The fourth-order valence-corrected chi connectivity index (χ4v) is 2.95. The van der Waals surface area contributed by atoms with Crippen molar-refractivity contribution in [2.45, 2.75) is 13.8 Å². The second-order valence-electron chi connectivity index (χ2n) is 4.56. The average molecular weight is 302 g/mol. The van der Waals surface area contributed by atoms with Gasteiger partial charge in [-0.15, -0.1) is 0 Å². The van der Waals surface area contributed by atoms with E-state index in [-0.39, 0.29) is 23.3 Å². The summed E-state index contributed by atoms with van der Waals surface area (Å²) in [6.45, 7) is 3.87. The minimum absolute atomic E-state index is 0.0747. The van der Waals surface area contributed by atoms with E-state index in [1.807, 2.05) is 13.8 Å². The lowest BCUT2D eigenvalue weighted by Gasteiger charge is -2.10. The molecule has 19 heavy (non-hydrogen) atoms. The summed E-state index contributed by atoms with van der Waals surface area (Å²) in [5.41, 5.74) is 5.82. The number of thiocarbonyl (C=S) groups is 1. The van der Waals surface area contributed by atoms with E-state index in [2.05, 4.69) is 4.72 Å². The van der Waals surface area contributed by atoms with Crippen molar-refractivity contribution in [3.05, 3.63) is 24.3 Å². The maximum Gasteiger partial charge on any atom is 0.232 e. The van der Waals surface area contributed by atoms with Crippen molar-refractivity contribution in [2.24, 2.45) is 11.7 Å². The Labute approximate surface area is 119 Å². The number of nitrogens with one attached hydrogen (secondary N) is 1. The summed E-state index contributed by atoms with van der Waals surface area (Å²) in [5, 5.41) is 0. The Bertz CT molecular complexity index is 524. The van der Waals surface area contributed by atoms with E-state index in [0.29, 0.717) is 11.4 Å². The van der Waals surface area contributed by atoms with Gasteiger partial charge in [0.15, 0.2) is 0 Å². The van der Waals surface area contributed by atoms with Crippen molar-refractivity contribution in [1.82, 2.24) is 0 Å². The van der Waals surface area contributed by atoms with Crippen LogP contribution in [0.2, 0.25) is 0 Å². The molecule has 5 nitrogen and oxygen atoms in total. The number of sulfonamides is 1. The standard InChI is InChI=1S/C12H18N2O3S2/c1-9(2)8-19(15,16)14-10-3-5-11(6-4-10)17-7-12(13)18/h3-6,9,14H,7-8H2,1-2H3,(H2,13,18). The van der Waals surface area contributed by atoms with Gasteiger partial charge in [-0.3, -0.25) is 4.72 Å². The SMILES string of the molecule is CC(C)CS(=O)(=O)Nc1ccc(OCC(N)=S)cc1. The Kier molecular flexibility index (Phi) is 5.56. The molecule has 0 aliphatic rings. The predicted molar refractivity (Wildman–Crippen MR) is 81.0 cm³/mol. The first kappa shape index (κ1) is 15.7. The molecule has 0 unspecified atom stereocenters. The van der Waals surface area contributed by atoms with Gasteiger partial charge in [0.2, 0.25) is 10.0 Å². The zero-order chi connectivity index (χ0) is 14.5. The maximum absolute atomic E-state index is 11.7. The minimum atomic E-state index is -3.30. The molecule has 0 amide bonds. The van der Waals surface area contributed by atoms with Crippen LogP contribution in [0.1, 0.15) is 13.8 Å². The average Bonchev–Trinajstić information content (AvgIpc) is 2.25. The van der Waals surface area contributed by atoms with Gasteiger partial charge in [0.05, 0.1) is 5.75 Å². The quantitative estimate of drug-likeness (QED) is 0.750. The molecule has 0 aliphatic carbocycles. The Morgan fingerprint density at radius 3 is 2.42 bits per heavy atom. The molecule has 0 atom stereocenters. The molecule has 0 aromatic heterocycles. The molecule has 106 valence electrons. The highest BCUT2D eigenvalue weighted by molar-refractivity contribution is 7.92. The van der Waals surface area contributed by atoms with Gasteiger partial charge in [-0.05, 0) is 30.2 Å². The summed E-state index contributed by atoms with van der Waals surface area (Å²) in [4.78, 5) is 0.265. The Morgan fingerprint density at radius 2 is 1.95 bits per heavy atom. The monoisotopic (exact) mass is 302 g/mol. The van der Waals surface area contributed by atoms with Crippen LogP contribution < -0.4 is 15.2 Å². The molecule has 1 rings (SSSR count). The normalized spacial score (nSPS) is 11.3. The number of hydrogen-bond donors (Lipinski definition) is 2.